The van der Waals surface area contributed by atoms with Gasteiger partial charge in [-0.3, -0.25) is 0 Å². The van der Waals surface area contributed by atoms with E-state index in [9.17, 15) is 0 Å². The van der Waals surface area contributed by atoms with E-state index in [-0.39, 0.29) is 82.6 Å². The molecule has 0 bridgehead atoms. The first-order valence-corrected chi connectivity index (χ1v) is 0. The van der Waals surface area contributed by atoms with Crippen molar-refractivity contribution >= 4 is 40.5 Å². The minimum absolute atomic E-state index is 0. The normalized spacial score (nSPS) is 0. The quantitative estimate of drug-likeness (QED) is 0.480. The van der Waals surface area contributed by atoms with Gasteiger partial charge in [-0.25, -0.2) is 0 Å². The Bertz CT molecular complexity index is 4.85. The summed E-state index contributed by atoms with van der Waals surface area (Å²) in [5.41, 5.74) is 0. The van der Waals surface area contributed by atoms with Crippen molar-refractivity contribution in [2.45, 2.75) is 0 Å². The first-order chi connectivity index (χ1) is 0. The molecule has 0 heterocycles. The topological polar surface area (TPSA) is 0 Å². The molecule has 0 N–H and O–H groups in total. The minimum atomic E-state index is 0. The van der Waals surface area contributed by atoms with Crippen LogP contribution in [0.25, 0.3) is 0 Å². The molecule has 0 fully saturated rings. The van der Waals surface area contributed by atoms with E-state index < -0.39 is 0 Å². The standard InChI is InChI=1S/3H2S.2W/h3*1H2;;. The van der Waals surface area contributed by atoms with Crippen molar-refractivity contribution in [2.24, 2.45) is 0 Å². The van der Waals surface area contributed by atoms with Crippen molar-refractivity contribution < 1.29 is 42.1 Å². The van der Waals surface area contributed by atoms with E-state index in [1.807, 2.05) is 0 Å². The second kappa shape index (κ2) is 32.1. The molecule has 0 aliphatic heterocycles. The van der Waals surface area contributed by atoms with Crippen LogP contribution in [0.3, 0.4) is 0 Å². The van der Waals surface area contributed by atoms with Crippen LogP contribution < -0.4 is 0 Å². The third kappa shape index (κ3) is 21.4. The van der Waals surface area contributed by atoms with Crippen molar-refractivity contribution in [3.8, 4) is 0 Å². The van der Waals surface area contributed by atoms with Crippen LogP contribution in [-0.2, 0) is 42.1 Å². The molecule has 0 aromatic rings. The summed E-state index contributed by atoms with van der Waals surface area (Å²) in [6.07, 6.45) is 0. The molecular weight excluding hydrogens is 464 g/mol. The van der Waals surface area contributed by atoms with E-state index in [1.165, 1.54) is 0 Å². The molecular formula is H6S3W2. The van der Waals surface area contributed by atoms with Crippen molar-refractivity contribution in [3.63, 3.8) is 0 Å². The third-order valence-corrected chi connectivity index (χ3v) is 0. The fraction of sp³-hybridized carbons (Fsp3) is 0. The molecule has 0 unspecified atom stereocenters. The van der Waals surface area contributed by atoms with Crippen LogP contribution in [0.2, 0.25) is 0 Å². The summed E-state index contributed by atoms with van der Waals surface area (Å²) in [7, 11) is 0. The Hall–Kier alpha value is 2.43. The zero-order valence-corrected chi connectivity index (χ0v) is 11.2. The Morgan fingerprint density at radius 2 is 0.400 bits per heavy atom. The summed E-state index contributed by atoms with van der Waals surface area (Å²) in [5.74, 6) is 0. The number of hydrogen-bond acceptors (Lipinski definition) is 0. The van der Waals surface area contributed by atoms with Crippen LogP contribution in [0.1, 0.15) is 0 Å². The van der Waals surface area contributed by atoms with Gasteiger partial charge in [0, 0.05) is 42.1 Å². The zero-order chi connectivity index (χ0) is 0. The molecule has 0 aliphatic carbocycles. The van der Waals surface area contributed by atoms with Crippen molar-refractivity contribution in [1.29, 1.82) is 0 Å². The molecule has 0 saturated carbocycles. The van der Waals surface area contributed by atoms with Gasteiger partial charge in [0.05, 0.1) is 0 Å². The fourth-order valence-electron chi connectivity index (χ4n) is 0. The van der Waals surface area contributed by atoms with Gasteiger partial charge in [-0.1, -0.05) is 0 Å². The average Bonchev–Trinajstić information content (AvgIpc) is 0. The zero-order valence-electron chi connectivity index (χ0n) is 2.32. The second-order valence-corrected chi connectivity index (χ2v) is 0. The van der Waals surface area contributed by atoms with Gasteiger partial charge in [0.15, 0.2) is 0 Å². The molecule has 0 nitrogen and oxygen atoms in total. The molecule has 0 atom stereocenters. The number of hydrogen-bond donors (Lipinski definition) is 0. The molecule has 5 heteroatoms. The van der Waals surface area contributed by atoms with Crippen molar-refractivity contribution in [2.75, 3.05) is 0 Å². The van der Waals surface area contributed by atoms with Gasteiger partial charge >= 0.3 is 0 Å². The van der Waals surface area contributed by atoms with Crippen LogP contribution in [-0.4, -0.2) is 0 Å². The Morgan fingerprint density at radius 3 is 0.400 bits per heavy atom. The van der Waals surface area contributed by atoms with Gasteiger partial charge in [-0.05, 0) is 0 Å². The SMILES string of the molecule is S.S.S.[W].[W]. The Balaban J connectivity index is 0. The van der Waals surface area contributed by atoms with E-state index in [4.69, 9.17) is 0 Å². The maximum atomic E-state index is 0. The van der Waals surface area contributed by atoms with Gasteiger partial charge in [0.2, 0.25) is 0 Å². The molecule has 5 heavy (non-hydrogen) atoms. The van der Waals surface area contributed by atoms with Crippen LogP contribution in [0.15, 0.2) is 0 Å². The first kappa shape index (κ1) is 52.1. The Kier molecular flexibility index (Phi) is 335. The van der Waals surface area contributed by atoms with Gasteiger partial charge < -0.3 is 0 Å². The maximum Gasteiger partial charge on any atom is 0 e. The molecule has 0 saturated heterocycles. The molecule has 0 amide bonds. The molecule has 0 aromatic carbocycles. The van der Waals surface area contributed by atoms with Crippen LogP contribution in [0, 0.1) is 0 Å². The number of rotatable bonds is 0. The summed E-state index contributed by atoms with van der Waals surface area (Å²) in [4.78, 5) is 0. The summed E-state index contributed by atoms with van der Waals surface area (Å²) in [6.45, 7) is 0. The Morgan fingerprint density at radius 1 is 0.400 bits per heavy atom. The molecule has 0 spiro atoms. The molecule has 0 aromatic heterocycles. The van der Waals surface area contributed by atoms with Crippen molar-refractivity contribution in [3.05, 3.63) is 0 Å². The smallest absolute Gasteiger partial charge is 0 e. The van der Waals surface area contributed by atoms with Gasteiger partial charge in [-0.2, -0.15) is 40.5 Å². The fourth-order valence-corrected chi connectivity index (χ4v) is 0. The van der Waals surface area contributed by atoms with Crippen LogP contribution in [0.4, 0.5) is 0 Å². The average molecular weight is 470 g/mol. The van der Waals surface area contributed by atoms with E-state index in [0.29, 0.717) is 0 Å². The van der Waals surface area contributed by atoms with E-state index in [2.05, 4.69) is 0 Å². The van der Waals surface area contributed by atoms with E-state index >= 15 is 0 Å². The molecule has 36 valence electrons. The summed E-state index contributed by atoms with van der Waals surface area (Å²) >= 11 is 0. The van der Waals surface area contributed by atoms with Crippen LogP contribution in [0.5, 0.6) is 0 Å². The molecule has 0 aliphatic rings. The first-order valence-electron chi connectivity index (χ1n) is 0. The maximum absolute atomic E-state index is 0. The minimum Gasteiger partial charge on any atom is -0.197 e. The predicted molar refractivity (Wildman–Crippen MR) is 31.1 cm³/mol. The van der Waals surface area contributed by atoms with Gasteiger partial charge in [0.25, 0.3) is 0 Å². The largest absolute Gasteiger partial charge is 0.197 e. The summed E-state index contributed by atoms with van der Waals surface area (Å²) in [6, 6.07) is 0. The van der Waals surface area contributed by atoms with E-state index in [1.54, 1.807) is 0 Å². The summed E-state index contributed by atoms with van der Waals surface area (Å²) < 4.78 is 0. The van der Waals surface area contributed by atoms with Gasteiger partial charge in [0.1, 0.15) is 0 Å². The second-order valence-electron chi connectivity index (χ2n) is 0. The molecule has 0 radical (unpaired) electrons. The van der Waals surface area contributed by atoms with Crippen LogP contribution >= 0.6 is 40.5 Å². The molecule has 0 rings (SSSR count). The Labute approximate surface area is 81.7 Å². The third-order valence-electron chi connectivity index (χ3n) is 0. The van der Waals surface area contributed by atoms with E-state index in [0.717, 1.165) is 0 Å². The predicted octanol–water partition coefficient (Wildman–Crippen LogP) is 0.333. The van der Waals surface area contributed by atoms with Crippen molar-refractivity contribution in [1.82, 2.24) is 0 Å². The summed E-state index contributed by atoms with van der Waals surface area (Å²) in [5, 5.41) is 0. The monoisotopic (exact) mass is 470 g/mol. The van der Waals surface area contributed by atoms with Gasteiger partial charge in [-0.15, -0.1) is 0 Å².